The van der Waals surface area contributed by atoms with Gasteiger partial charge in [0.05, 0.1) is 33.9 Å². The predicted octanol–water partition coefficient (Wildman–Crippen LogP) is 5.10. The molecular formula is C27H20F2N6O2S. The van der Waals surface area contributed by atoms with Gasteiger partial charge in [-0.3, -0.25) is 15.1 Å². The van der Waals surface area contributed by atoms with Gasteiger partial charge in [-0.2, -0.15) is 5.10 Å². The fourth-order valence-corrected chi connectivity index (χ4v) is 5.09. The monoisotopic (exact) mass is 530 g/mol. The first kappa shape index (κ1) is 23.9. The van der Waals surface area contributed by atoms with E-state index in [0.29, 0.717) is 44.6 Å². The molecule has 0 spiro atoms. The number of hydrogen-bond donors (Lipinski definition) is 2. The Morgan fingerprint density at radius 3 is 2.61 bits per heavy atom. The molecule has 0 atom stereocenters. The topological polar surface area (TPSA) is 117 Å². The number of benzene rings is 2. The normalized spacial score (nSPS) is 12.0. The summed E-state index contributed by atoms with van der Waals surface area (Å²) in [6, 6.07) is 13.3. The van der Waals surface area contributed by atoms with Crippen molar-refractivity contribution in [2.24, 2.45) is 0 Å². The summed E-state index contributed by atoms with van der Waals surface area (Å²) in [4.78, 5) is 16.2. The van der Waals surface area contributed by atoms with Gasteiger partial charge in [-0.15, -0.1) is 0 Å². The van der Waals surface area contributed by atoms with Gasteiger partial charge in [-0.25, -0.2) is 22.2 Å². The standard InChI is InChI=1S/C27H20F2N6O2S/c1-38(36,37)9-7-15-10-17(12-18(28)11-15)19-5-2-6-20-25(19)33-27(32-20)26-22-21(34-35-26)14-31-24(23(22)29)16-4-3-8-30-13-16/h2-6,8,10-14H,7,9H2,1H3,(H,32,33)(H,34,35). The molecule has 0 radical (unpaired) electrons. The maximum absolute atomic E-state index is 15.7. The van der Waals surface area contributed by atoms with Crippen LogP contribution >= 0.6 is 0 Å². The van der Waals surface area contributed by atoms with E-state index < -0.39 is 21.5 Å². The van der Waals surface area contributed by atoms with Crippen LogP contribution in [0.4, 0.5) is 8.78 Å². The number of sulfone groups is 1. The minimum atomic E-state index is -3.20. The summed E-state index contributed by atoms with van der Waals surface area (Å²) in [6.07, 6.45) is 5.99. The zero-order valence-corrected chi connectivity index (χ0v) is 20.9. The average molecular weight is 531 g/mol. The van der Waals surface area contributed by atoms with E-state index in [2.05, 4.69) is 25.1 Å². The summed E-state index contributed by atoms with van der Waals surface area (Å²) in [7, 11) is -3.20. The van der Waals surface area contributed by atoms with Gasteiger partial charge in [0, 0.05) is 29.8 Å². The zero-order valence-electron chi connectivity index (χ0n) is 20.0. The van der Waals surface area contributed by atoms with Crippen molar-refractivity contribution in [3.63, 3.8) is 0 Å². The van der Waals surface area contributed by atoms with E-state index in [1.54, 1.807) is 36.5 Å². The molecule has 0 aliphatic rings. The first-order valence-electron chi connectivity index (χ1n) is 11.7. The molecule has 0 saturated carbocycles. The third-order valence-electron chi connectivity index (χ3n) is 6.25. The second kappa shape index (κ2) is 9.10. The molecule has 190 valence electrons. The first-order chi connectivity index (χ1) is 18.3. The molecule has 8 nitrogen and oxygen atoms in total. The van der Waals surface area contributed by atoms with E-state index in [1.807, 2.05) is 6.07 Å². The summed E-state index contributed by atoms with van der Waals surface area (Å²) in [5.41, 5.74) is 4.31. The molecule has 4 heterocycles. The summed E-state index contributed by atoms with van der Waals surface area (Å²) in [5.74, 6) is -0.787. The van der Waals surface area contributed by atoms with Crippen molar-refractivity contribution in [3.05, 3.63) is 84.3 Å². The minimum absolute atomic E-state index is 0.0830. The van der Waals surface area contributed by atoms with Crippen molar-refractivity contribution in [2.45, 2.75) is 6.42 Å². The molecule has 0 aliphatic carbocycles. The maximum atomic E-state index is 15.7. The fourth-order valence-electron chi connectivity index (χ4n) is 4.48. The molecule has 2 N–H and O–H groups in total. The third-order valence-corrected chi connectivity index (χ3v) is 7.19. The highest BCUT2D eigenvalue weighted by Gasteiger charge is 2.21. The van der Waals surface area contributed by atoms with Crippen LogP contribution in [0, 0.1) is 11.6 Å². The second-order valence-electron chi connectivity index (χ2n) is 9.04. The smallest absolute Gasteiger partial charge is 0.161 e. The van der Waals surface area contributed by atoms with Gasteiger partial charge in [0.2, 0.25) is 0 Å². The Morgan fingerprint density at radius 2 is 1.82 bits per heavy atom. The van der Waals surface area contributed by atoms with Gasteiger partial charge < -0.3 is 4.98 Å². The van der Waals surface area contributed by atoms with Gasteiger partial charge in [-0.05, 0) is 47.9 Å². The molecule has 0 fully saturated rings. The van der Waals surface area contributed by atoms with E-state index in [9.17, 15) is 12.8 Å². The van der Waals surface area contributed by atoms with E-state index in [4.69, 9.17) is 4.98 Å². The average Bonchev–Trinajstić information content (AvgIpc) is 3.52. The summed E-state index contributed by atoms with van der Waals surface area (Å²) < 4.78 is 53.4. The van der Waals surface area contributed by atoms with Crippen LogP contribution < -0.4 is 0 Å². The lowest BCUT2D eigenvalue weighted by Crippen LogP contribution is -2.06. The highest BCUT2D eigenvalue weighted by Crippen LogP contribution is 2.34. The molecular weight excluding hydrogens is 510 g/mol. The number of aromatic amines is 2. The summed E-state index contributed by atoms with van der Waals surface area (Å²) in [6.45, 7) is 0. The lowest BCUT2D eigenvalue weighted by molar-refractivity contribution is 0.600. The predicted molar refractivity (Wildman–Crippen MR) is 141 cm³/mol. The van der Waals surface area contributed by atoms with Crippen molar-refractivity contribution in [2.75, 3.05) is 12.0 Å². The highest BCUT2D eigenvalue weighted by molar-refractivity contribution is 7.90. The van der Waals surface area contributed by atoms with Crippen molar-refractivity contribution in [3.8, 4) is 33.9 Å². The molecule has 6 aromatic rings. The van der Waals surface area contributed by atoms with E-state index in [0.717, 1.165) is 6.26 Å². The number of hydrogen-bond acceptors (Lipinski definition) is 6. The number of H-pyrrole nitrogens is 2. The zero-order chi connectivity index (χ0) is 26.4. The number of aromatic nitrogens is 6. The number of nitrogens with one attached hydrogen (secondary N) is 2. The van der Waals surface area contributed by atoms with E-state index >= 15 is 4.39 Å². The van der Waals surface area contributed by atoms with Crippen molar-refractivity contribution in [1.29, 1.82) is 0 Å². The molecule has 38 heavy (non-hydrogen) atoms. The Morgan fingerprint density at radius 1 is 0.947 bits per heavy atom. The lowest BCUT2D eigenvalue weighted by atomic mass is 10.0. The van der Waals surface area contributed by atoms with E-state index in [-0.39, 0.29) is 28.9 Å². The molecule has 2 aromatic carbocycles. The van der Waals surface area contributed by atoms with E-state index in [1.165, 1.54) is 24.5 Å². The van der Waals surface area contributed by atoms with Crippen LogP contribution in [0.5, 0.6) is 0 Å². The number of pyridine rings is 2. The molecule has 0 amide bonds. The van der Waals surface area contributed by atoms with Crippen molar-refractivity contribution < 1.29 is 17.2 Å². The number of halogens is 2. The summed E-state index contributed by atoms with van der Waals surface area (Å²) >= 11 is 0. The highest BCUT2D eigenvalue weighted by atomic mass is 32.2. The van der Waals surface area contributed by atoms with Gasteiger partial charge in [0.1, 0.15) is 27.0 Å². The van der Waals surface area contributed by atoms with Crippen LogP contribution in [0.15, 0.2) is 67.1 Å². The largest absolute Gasteiger partial charge is 0.337 e. The molecule has 0 aliphatic heterocycles. The Labute approximate surface area is 215 Å². The first-order valence-corrected chi connectivity index (χ1v) is 13.7. The SMILES string of the molecule is CS(=O)(=O)CCc1cc(F)cc(-c2cccc3[nH]c(-c4n[nH]c5cnc(-c6cccnc6)c(F)c45)nc23)c1. The molecule has 11 heteroatoms. The Kier molecular flexibility index (Phi) is 5.72. The molecule has 0 bridgehead atoms. The van der Waals surface area contributed by atoms with Gasteiger partial charge >= 0.3 is 0 Å². The van der Waals surface area contributed by atoms with Gasteiger partial charge in [0.25, 0.3) is 0 Å². The number of aryl methyl sites for hydroxylation is 1. The number of imidazole rings is 1. The molecule has 0 saturated heterocycles. The van der Waals surface area contributed by atoms with Crippen LogP contribution in [-0.2, 0) is 16.3 Å². The molecule has 4 aromatic heterocycles. The number of para-hydroxylation sites is 1. The van der Waals surface area contributed by atoms with Crippen LogP contribution in [0.25, 0.3) is 55.8 Å². The Bertz CT molecular complexity index is 1930. The van der Waals surface area contributed by atoms with Crippen LogP contribution in [0.3, 0.4) is 0 Å². The maximum Gasteiger partial charge on any atom is 0.161 e. The van der Waals surface area contributed by atoms with Crippen LogP contribution in [-0.4, -0.2) is 50.6 Å². The van der Waals surface area contributed by atoms with Crippen molar-refractivity contribution >= 4 is 31.8 Å². The van der Waals surface area contributed by atoms with Gasteiger partial charge in [0.15, 0.2) is 11.6 Å². The fraction of sp³-hybridized carbons (Fsp3) is 0.111. The lowest BCUT2D eigenvalue weighted by Gasteiger charge is -2.07. The van der Waals surface area contributed by atoms with Crippen LogP contribution in [0.1, 0.15) is 5.56 Å². The summed E-state index contributed by atoms with van der Waals surface area (Å²) in [5, 5.41) is 7.34. The number of nitrogens with zero attached hydrogens (tertiary/aromatic N) is 4. The number of fused-ring (bicyclic) bond motifs is 2. The minimum Gasteiger partial charge on any atom is -0.337 e. The van der Waals surface area contributed by atoms with Crippen LogP contribution in [0.2, 0.25) is 0 Å². The molecule has 0 unspecified atom stereocenters. The Balaban J connectivity index is 1.46. The number of rotatable bonds is 6. The Hall–Kier alpha value is -4.51. The third kappa shape index (κ3) is 4.41. The molecule has 6 rings (SSSR count). The second-order valence-corrected chi connectivity index (χ2v) is 11.3. The van der Waals surface area contributed by atoms with Crippen molar-refractivity contribution in [1.82, 2.24) is 30.1 Å². The van der Waals surface area contributed by atoms with Gasteiger partial charge in [-0.1, -0.05) is 18.2 Å². The quantitative estimate of drug-likeness (QED) is 0.310.